The number of carbonyl (C=O) groups is 1. The number of amides is 1. The molecule has 2 aromatic carbocycles. The van der Waals surface area contributed by atoms with Gasteiger partial charge in [-0.05, 0) is 43.7 Å². The van der Waals surface area contributed by atoms with Crippen LogP contribution in [-0.2, 0) is 11.2 Å². The van der Waals surface area contributed by atoms with Crippen molar-refractivity contribution in [3.8, 4) is 17.2 Å². The molecule has 0 saturated heterocycles. The standard InChI is InChI=1S/C19H23NO4/c1-13(2)24-15-7-5-14(6-8-15)11-19(21)20-17-12-16(22-3)9-10-18(17)23-4/h5-10,12-13H,11H2,1-4H3,(H,20,21). The lowest BCUT2D eigenvalue weighted by molar-refractivity contribution is -0.115. The molecule has 5 nitrogen and oxygen atoms in total. The Kier molecular flexibility index (Phi) is 6.07. The lowest BCUT2D eigenvalue weighted by atomic mass is 10.1. The Morgan fingerprint density at radius 3 is 2.25 bits per heavy atom. The number of benzene rings is 2. The van der Waals surface area contributed by atoms with Crippen LogP contribution in [0.25, 0.3) is 0 Å². The second-order valence-electron chi connectivity index (χ2n) is 5.60. The summed E-state index contributed by atoms with van der Waals surface area (Å²) in [6.07, 6.45) is 0.391. The number of anilines is 1. The van der Waals surface area contributed by atoms with Gasteiger partial charge in [-0.1, -0.05) is 12.1 Å². The maximum Gasteiger partial charge on any atom is 0.228 e. The second-order valence-corrected chi connectivity index (χ2v) is 5.60. The third-order valence-electron chi connectivity index (χ3n) is 3.34. The molecule has 0 aliphatic rings. The SMILES string of the molecule is COc1ccc(OC)c(NC(=O)Cc2ccc(OC(C)C)cc2)c1. The molecule has 1 N–H and O–H groups in total. The first-order chi connectivity index (χ1) is 11.5. The first-order valence-electron chi connectivity index (χ1n) is 7.79. The van der Waals surface area contributed by atoms with Crippen LogP contribution >= 0.6 is 0 Å². The highest BCUT2D eigenvalue weighted by Gasteiger charge is 2.10. The summed E-state index contributed by atoms with van der Waals surface area (Å²) in [7, 11) is 3.14. The molecule has 2 aromatic rings. The fourth-order valence-corrected chi connectivity index (χ4v) is 2.25. The quantitative estimate of drug-likeness (QED) is 0.842. The van der Waals surface area contributed by atoms with Gasteiger partial charge in [0.05, 0.1) is 32.4 Å². The third-order valence-corrected chi connectivity index (χ3v) is 3.34. The van der Waals surface area contributed by atoms with E-state index in [-0.39, 0.29) is 18.4 Å². The van der Waals surface area contributed by atoms with Crippen molar-refractivity contribution in [2.45, 2.75) is 26.4 Å². The largest absolute Gasteiger partial charge is 0.497 e. The summed E-state index contributed by atoms with van der Waals surface area (Å²) >= 11 is 0. The van der Waals surface area contributed by atoms with Crippen LogP contribution in [0.15, 0.2) is 42.5 Å². The molecule has 0 aromatic heterocycles. The Hall–Kier alpha value is -2.69. The Morgan fingerprint density at radius 1 is 1.00 bits per heavy atom. The van der Waals surface area contributed by atoms with E-state index in [2.05, 4.69) is 5.32 Å². The molecular formula is C19H23NO4. The maximum atomic E-state index is 12.3. The monoisotopic (exact) mass is 329 g/mol. The Morgan fingerprint density at radius 2 is 1.67 bits per heavy atom. The van der Waals surface area contributed by atoms with Gasteiger partial charge >= 0.3 is 0 Å². The highest BCUT2D eigenvalue weighted by Crippen LogP contribution is 2.29. The van der Waals surface area contributed by atoms with E-state index in [4.69, 9.17) is 14.2 Å². The number of hydrogen-bond donors (Lipinski definition) is 1. The minimum Gasteiger partial charge on any atom is -0.497 e. The molecule has 0 atom stereocenters. The van der Waals surface area contributed by atoms with Gasteiger partial charge in [0, 0.05) is 6.07 Å². The van der Waals surface area contributed by atoms with E-state index in [0.29, 0.717) is 17.2 Å². The first kappa shape index (κ1) is 17.7. The van der Waals surface area contributed by atoms with Crippen molar-refractivity contribution in [3.63, 3.8) is 0 Å². The summed E-state index contributed by atoms with van der Waals surface area (Å²) in [6.45, 7) is 3.95. The highest BCUT2D eigenvalue weighted by molar-refractivity contribution is 5.94. The molecule has 0 aliphatic carbocycles. The van der Waals surface area contributed by atoms with Crippen molar-refractivity contribution >= 4 is 11.6 Å². The van der Waals surface area contributed by atoms with E-state index in [1.165, 1.54) is 0 Å². The van der Waals surface area contributed by atoms with E-state index in [0.717, 1.165) is 11.3 Å². The van der Waals surface area contributed by atoms with E-state index < -0.39 is 0 Å². The molecular weight excluding hydrogens is 306 g/mol. The van der Waals surface area contributed by atoms with Gasteiger partial charge in [-0.2, -0.15) is 0 Å². The second kappa shape index (κ2) is 8.24. The molecule has 128 valence electrons. The van der Waals surface area contributed by atoms with E-state index >= 15 is 0 Å². The summed E-state index contributed by atoms with van der Waals surface area (Å²) in [5.41, 5.74) is 1.49. The summed E-state index contributed by atoms with van der Waals surface area (Å²) in [4.78, 5) is 12.3. The number of ether oxygens (including phenoxy) is 3. The van der Waals surface area contributed by atoms with E-state index in [1.807, 2.05) is 38.1 Å². The zero-order valence-corrected chi connectivity index (χ0v) is 14.5. The number of nitrogens with one attached hydrogen (secondary N) is 1. The van der Waals surface area contributed by atoms with E-state index in [9.17, 15) is 4.79 Å². The molecule has 5 heteroatoms. The summed E-state index contributed by atoms with van der Waals surface area (Å²) in [5, 5.41) is 2.86. The normalized spacial score (nSPS) is 10.4. The minimum absolute atomic E-state index is 0.125. The molecule has 0 spiro atoms. The van der Waals surface area contributed by atoms with Crippen LogP contribution < -0.4 is 19.5 Å². The number of methoxy groups -OCH3 is 2. The molecule has 0 saturated carbocycles. The van der Waals surface area contributed by atoms with Gasteiger partial charge < -0.3 is 19.5 Å². The van der Waals surface area contributed by atoms with Crippen molar-refractivity contribution in [3.05, 3.63) is 48.0 Å². The van der Waals surface area contributed by atoms with Crippen LogP contribution in [0.4, 0.5) is 5.69 Å². The Bertz CT molecular complexity index is 680. The van der Waals surface area contributed by atoms with E-state index in [1.54, 1.807) is 32.4 Å². The fraction of sp³-hybridized carbons (Fsp3) is 0.316. The van der Waals surface area contributed by atoms with Gasteiger partial charge in [-0.15, -0.1) is 0 Å². The van der Waals surface area contributed by atoms with Gasteiger partial charge in [-0.25, -0.2) is 0 Å². The molecule has 2 rings (SSSR count). The van der Waals surface area contributed by atoms with Crippen LogP contribution in [0.3, 0.4) is 0 Å². The minimum atomic E-state index is -0.126. The van der Waals surface area contributed by atoms with Crippen LogP contribution in [0.5, 0.6) is 17.2 Å². The summed E-state index contributed by atoms with van der Waals surface area (Å²) < 4.78 is 16.0. The summed E-state index contributed by atoms with van der Waals surface area (Å²) in [6, 6.07) is 12.8. The third kappa shape index (κ3) is 4.91. The molecule has 0 heterocycles. The lowest BCUT2D eigenvalue weighted by Crippen LogP contribution is -2.15. The molecule has 0 aliphatic heterocycles. The predicted octanol–water partition coefficient (Wildman–Crippen LogP) is 3.67. The molecule has 1 amide bonds. The van der Waals surface area contributed by atoms with Crippen LogP contribution in [0.2, 0.25) is 0 Å². The van der Waals surface area contributed by atoms with Crippen molar-refractivity contribution in [1.29, 1.82) is 0 Å². The number of carbonyl (C=O) groups excluding carboxylic acids is 1. The summed E-state index contributed by atoms with van der Waals surface area (Å²) in [5.74, 6) is 1.91. The van der Waals surface area contributed by atoms with Crippen LogP contribution in [0.1, 0.15) is 19.4 Å². The number of rotatable bonds is 7. The van der Waals surface area contributed by atoms with Crippen molar-refractivity contribution in [1.82, 2.24) is 0 Å². The topological polar surface area (TPSA) is 56.8 Å². The predicted molar refractivity (Wildman–Crippen MR) is 94.1 cm³/mol. The van der Waals surface area contributed by atoms with Gasteiger partial charge in [0.1, 0.15) is 17.2 Å². The zero-order valence-electron chi connectivity index (χ0n) is 14.5. The molecule has 0 unspecified atom stereocenters. The lowest BCUT2D eigenvalue weighted by Gasteiger charge is -2.12. The van der Waals surface area contributed by atoms with Gasteiger partial charge in [0.15, 0.2) is 0 Å². The maximum absolute atomic E-state index is 12.3. The molecule has 0 bridgehead atoms. The van der Waals surface area contributed by atoms with Crippen LogP contribution in [-0.4, -0.2) is 26.2 Å². The average molecular weight is 329 g/mol. The molecule has 0 fully saturated rings. The smallest absolute Gasteiger partial charge is 0.228 e. The van der Waals surface area contributed by atoms with Crippen molar-refractivity contribution < 1.29 is 19.0 Å². The highest BCUT2D eigenvalue weighted by atomic mass is 16.5. The van der Waals surface area contributed by atoms with Gasteiger partial charge in [0.2, 0.25) is 5.91 Å². The number of hydrogen-bond acceptors (Lipinski definition) is 4. The molecule has 24 heavy (non-hydrogen) atoms. The van der Waals surface area contributed by atoms with Crippen molar-refractivity contribution in [2.75, 3.05) is 19.5 Å². The van der Waals surface area contributed by atoms with Gasteiger partial charge in [0.25, 0.3) is 0 Å². The molecule has 0 radical (unpaired) electrons. The first-order valence-corrected chi connectivity index (χ1v) is 7.79. The van der Waals surface area contributed by atoms with Crippen LogP contribution in [0, 0.1) is 0 Å². The zero-order chi connectivity index (χ0) is 17.5. The van der Waals surface area contributed by atoms with Crippen molar-refractivity contribution in [2.24, 2.45) is 0 Å². The Balaban J connectivity index is 2.03. The Labute approximate surface area is 142 Å². The fourth-order valence-electron chi connectivity index (χ4n) is 2.25. The average Bonchev–Trinajstić information content (AvgIpc) is 2.56. The van der Waals surface area contributed by atoms with Gasteiger partial charge in [-0.3, -0.25) is 4.79 Å².